The van der Waals surface area contributed by atoms with Crippen LogP contribution in [0.4, 0.5) is 5.69 Å². The molecule has 0 atom stereocenters. The van der Waals surface area contributed by atoms with Crippen molar-refractivity contribution in [2.45, 2.75) is 33.6 Å². The van der Waals surface area contributed by atoms with E-state index in [1.54, 1.807) is 0 Å². The maximum Gasteiger partial charge on any atom is 0.0684 e. The lowest BCUT2D eigenvalue weighted by Crippen LogP contribution is -2.10. The Hall–Kier alpha value is -2.61. The predicted molar refractivity (Wildman–Crippen MR) is 113 cm³/mol. The molecule has 2 aromatic rings. The molecule has 26 heavy (non-hydrogen) atoms. The van der Waals surface area contributed by atoms with Gasteiger partial charge in [0.15, 0.2) is 0 Å². The Morgan fingerprint density at radius 2 is 1.73 bits per heavy atom. The zero-order valence-electron chi connectivity index (χ0n) is 16.5. The van der Waals surface area contributed by atoms with Crippen LogP contribution >= 0.6 is 0 Å². The molecule has 3 rings (SSSR count). The smallest absolute Gasteiger partial charge is 0.0684 e. The van der Waals surface area contributed by atoms with Crippen molar-refractivity contribution in [3.63, 3.8) is 0 Å². The van der Waals surface area contributed by atoms with E-state index in [1.807, 2.05) is 0 Å². The third-order valence-electron chi connectivity index (χ3n) is 4.90. The summed E-state index contributed by atoms with van der Waals surface area (Å²) in [6.45, 7) is 6.41. The zero-order chi connectivity index (χ0) is 18.7. The van der Waals surface area contributed by atoms with Crippen molar-refractivity contribution in [2.24, 2.45) is 4.99 Å². The minimum Gasteiger partial charge on any atom is -0.377 e. The van der Waals surface area contributed by atoms with E-state index in [-0.39, 0.29) is 0 Å². The maximum atomic E-state index is 4.80. The van der Waals surface area contributed by atoms with Crippen LogP contribution in [0.1, 0.15) is 34.2 Å². The largest absolute Gasteiger partial charge is 0.377 e. The van der Waals surface area contributed by atoms with Crippen molar-refractivity contribution in [2.75, 3.05) is 14.1 Å². The van der Waals surface area contributed by atoms with E-state index in [0.29, 0.717) is 0 Å². The van der Waals surface area contributed by atoms with Crippen LogP contribution < -0.4 is 0 Å². The van der Waals surface area contributed by atoms with Gasteiger partial charge in [-0.2, -0.15) is 0 Å². The van der Waals surface area contributed by atoms with Gasteiger partial charge in [-0.05, 0) is 61.1 Å². The van der Waals surface area contributed by atoms with Crippen LogP contribution in [0.5, 0.6) is 0 Å². The summed E-state index contributed by atoms with van der Waals surface area (Å²) in [5, 5.41) is 0. The third kappa shape index (κ3) is 3.80. The number of hydrogen-bond acceptors (Lipinski definition) is 2. The Bertz CT molecular complexity index is 875. The Labute approximate surface area is 157 Å². The number of aliphatic imine (C=N–C) groups is 1. The minimum atomic E-state index is 0.840. The van der Waals surface area contributed by atoms with Crippen LogP contribution in [-0.4, -0.2) is 25.2 Å². The van der Waals surface area contributed by atoms with Crippen molar-refractivity contribution in [3.05, 3.63) is 82.1 Å². The monoisotopic (exact) mass is 344 g/mol. The first kappa shape index (κ1) is 18.2. The topological polar surface area (TPSA) is 15.6 Å². The first-order valence-corrected chi connectivity index (χ1v) is 9.23. The van der Waals surface area contributed by atoms with E-state index < -0.39 is 0 Å². The molecular formula is C24H28N2. The summed E-state index contributed by atoms with van der Waals surface area (Å²) in [7, 11) is 4.22. The minimum absolute atomic E-state index is 0.840. The van der Waals surface area contributed by atoms with Crippen LogP contribution in [0.3, 0.4) is 0 Å². The normalized spacial score (nSPS) is 13.9. The van der Waals surface area contributed by atoms with Gasteiger partial charge in [-0.15, -0.1) is 0 Å². The summed E-state index contributed by atoms with van der Waals surface area (Å²) in [5.74, 6) is 0. The number of allylic oxidation sites excluding steroid dienone is 3. The lowest BCUT2D eigenvalue weighted by molar-refractivity contribution is 0.533. The number of likely N-dealkylation sites (N-methyl/N-ethyl adjacent to an activating group) is 1. The molecule has 0 aliphatic heterocycles. The molecule has 0 N–H and O–H groups in total. The molecule has 0 saturated carbocycles. The molecule has 0 heterocycles. The van der Waals surface area contributed by atoms with E-state index in [2.05, 4.69) is 94.5 Å². The van der Waals surface area contributed by atoms with Gasteiger partial charge in [0.2, 0.25) is 0 Å². The Kier molecular flexibility index (Phi) is 5.41. The molecule has 2 nitrogen and oxygen atoms in total. The maximum absolute atomic E-state index is 4.80. The van der Waals surface area contributed by atoms with E-state index >= 15 is 0 Å². The van der Waals surface area contributed by atoms with E-state index in [1.165, 1.54) is 39.1 Å². The zero-order valence-corrected chi connectivity index (χ0v) is 16.5. The molecule has 0 saturated heterocycles. The Balaban J connectivity index is 1.88. The fourth-order valence-corrected chi connectivity index (χ4v) is 3.76. The number of aryl methyl sites for hydroxylation is 3. The highest BCUT2D eigenvalue weighted by molar-refractivity contribution is 5.79. The molecule has 1 aliphatic rings. The Morgan fingerprint density at radius 3 is 2.42 bits per heavy atom. The molecule has 0 aromatic heterocycles. The fourth-order valence-electron chi connectivity index (χ4n) is 3.76. The van der Waals surface area contributed by atoms with Crippen LogP contribution in [0, 0.1) is 20.8 Å². The highest BCUT2D eigenvalue weighted by Crippen LogP contribution is 2.32. The second-order valence-corrected chi connectivity index (χ2v) is 7.28. The molecule has 2 aromatic carbocycles. The van der Waals surface area contributed by atoms with Gasteiger partial charge >= 0.3 is 0 Å². The molecule has 0 spiro atoms. The van der Waals surface area contributed by atoms with Gasteiger partial charge in [-0.25, -0.2) is 0 Å². The summed E-state index contributed by atoms with van der Waals surface area (Å²) >= 11 is 0. The standard InChI is InChI=1S/C24H28N2/c1-17-15-18(2)24(19(3)16-17)25-14-13-20-9-6-7-10-21(20)22-11-8-12-23(22)26(4)5/h6-10,12,14-16H,11,13H2,1-5H3. The van der Waals surface area contributed by atoms with Gasteiger partial charge < -0.3 is 4.90 Å². The summed E-state index contributed by atoms with van der Waals surface area (Å²) in [5.41, 5.74) is 10.3. The van der Waals surface area contributed by atoms with E-state index in [4.69, 9.17) is 4.99 Å². The SMILES string of the molecule is Cc1cc(C)c(N=CCc2ccccc2C2=C(N(C)C)C=CC2)c(C)c1. The summed E-state index contributed by atoms with van der Waals surface area (Å²) in [6.07, 6.45) is 8.36. The van der Waals surface area contributed by atoms with Crippen molar-refractivity contribution in [1.82, 2.24) is 4.90 Å². The van der Waals surface area contributed by atoms with Gasteiger partial charge in [0, 0.05) is 32.4 Å². The summed E-state index contributed by atoms with van der Waals surface area (Å²) in [4.78, 5) is 6.99. The quantitative estimate of drug-likeness (QED) is 0.627. The third-order valence-corrected chi connectivity index (χ3v) is 4.90. The molecule has 0 fully saturated rings. The molecule has 2 heteroatoms. The first-order chi connectivity index (χ1) is 12.5. The number of hydrogen-bond donors (Lipinski definition) is 0. The lowest BCUT2D eigenvalue weighted by atomic mass is 9.96. The van der Waals surface area contributed by atoms with Crippen LogP contribution in [0.2, 0.25) is 0 Å². The average molecular weight is 345 g/mol. The Morgan fingerprint density at radius 1 is 1.04 bits per heavy atom. The first-order valence-electron chi connectivity index (χ1n) is 9.23. The predicted octanol–water partition coefficient (Wildman–Crippen LogP) is 5.79. The second kappa shape index (κ2) is 7.74. The van der Waals surface area contributed by atoms with Gasteiger partial charge in [0.05, 0.1) is 5.69 Å². The molecule has 134 valence electrons. The summed E-state index contributed by atoms with van der Waals surface area (Å²) in [6, 6.07) is 13.1. The highest BCUT2D eigenvalue weighted by Gasteiger charge is 2.15. The number of benzene rings is 2. The van der Waals surface area contributed by atoms with Crippen LogP contribution in [0.15, 0.2) is 59.2 Å². The van der Waals surface area contributed by atoms with Crippen molar-refractivity contribution in [1.29, 1.82) is 0 Å². The van der Waals surface area contributed by atoms with Gasteiger partial charge in [0.25, 0.3) is 0 Å². The molecule has 0 unspecified atom stereocenters. The molecule has 0 bridgehead atoms. The lowest BCUT2D eigenvalue weighted by Gasteiger charge is -2.17. The highest BCUT2D eigenvalue weighted by atomic mass is 15.1. The van der Waals surface area contributed by atoms with E-state index in [9.17, 15) is 0 Å². The van der Waals surface area contributed by atoms with Crippen LogP contribution in [-0.2, 0) is 6.42 Å². The van der Waals surface area contributed by atoms with Gasteiger partial charge in [-0.1, -0.05) is 48.0 Å². The van der Waals surface area contributed by atoms with Crippen molar-refractivity contribution < 1.29 is 0 Å². The number of rotatable bonds is 5. The average Bonchev–Trinajstić information content (AvgIpc) is 3.07. The van der Waals surface area contributed by atoms with Gasteiger partial charge in [-0.3, -0.25) is 4.99 Å². The number of nitrogens with zero attached hydrogens (tertiary/aromatic N) is 2. The molecular weight excluding hydrogens is 316 g/mol. The molecule has 1 aliphatic carbocycles. The second-order valence-electron chi connectivity index (χ2n) is 7.28. The van der Waals surface area contributed by atoms with Crippen LogP contribution in [0.25, 0.3) is 5.57 Å². The van der Waals surface area contributed by atoms with Gasteiger partial charge in [0.1, 0.15) is 0 Å². The fraction of sp³-hybridized carbons (Fsp3) is 0.292. The molecule has 0 radical (unpaired) electrons. The molecule has 0 amide bonds. The van der Waals surface area contributed by atoms with Crippen molar-refractivity contribution in [3.8, 4) is 0 Å². The summed E-state index contributed by atoms with van der Waals surface area (Å²) < 4.78 is 0. The van der Waals surface area contributed by atoms with Crippen molar-refractivity contribution >= 4 is 17.5 Å². The van der Waals surface area contributed by atoms with E-state index in [0.717, 1.165) is 18.5 Å².